The van der Waals surface area contributed by atoms with Crippen LogP contribution in [0.15, 0.2) is 206 Å². The van der Waals surface area contributed by atoms with Gasteiger partial charge in [-0.05, 0) is 125 Å². The lowest BCUT2D eigenvalue weighted by Gasteiger charge is -2.62. The van der Waals surface area contributed by atoms with E-state index in [4.69, 9.17) is 15.0 Å². The van der Waals surface area contributed by atoms with Gasteiger partial charge in [-0.2, -0.15) is 0 Å². The number of hydrogen-bond acceptors (Lipinski definition) is 4. The molecule has 4 aliphatic rings. The third-order valence-corrected chi connectivity index (χ3v) is 17.1. The first-order valence-electron chi connectivity index (χ1n) is 24.3. The largest absolute Gasteiger partial charge is 0.319 e. The van der Waals surface area contributed by atoms with Crippen LogP contribution in [0.5, 0.6) is 0 Å². The van der Waals surface area contributed by atoms with Crippen LogP contribution in [-0.2, 0) is 9.98 Å². The van der Waals surface area contributed by atoms with Gasteiger partial charge in [-0.1, -0.05) is 206 Å². The third-order valence-electron chi connectivity index (χ3n) is 15.6. The summed E-state index contributed by atoms with van der Waals surface area (Å²) in [5, 5.41) is 0.923. The van der Waals surface area contributed by atoms with Crippen molar-refractivity contribution >= 4 is 12.4 Å². The molecule has 0 radical (unpaired) electrons. The van der Waals surface area contributed by atoms with Crippen LogP contribution < -0.4 is 5.30 Å². The molecule has 0 atom stereocenters. The molecule has 4 nitrogen and oxygen atoms in total. The minimum Gasteiger partial charge on any atom is -0.319 e. The smallest absolute Gasteiger partial charge is 0.164 e. The average molecular weight is 900 g/mol. The lowest BCUT2D eigenvalue weighted by molar-refractivity contribution is -0.0418. The molecule has 5 heteroatoms. The number of aromatic nitrogens is 3. The Balaban J connectivity index is 0.936. The molecule has 1 heterocycles. The highest BCUT2D eigenvalue weighted by Gasteiger charge is 2.58. The number of hydrogen-bond donors (Lipinski definition) is 0. The molecule has 0 aliphatic heterocycles. The second kappa shape index (κ2) is 17.3. The maximum atomic E-state index is 12.9. The van der Waals surface area contributed by atoms with Gasteiger partial charge in [0.25, 0.3) is 0 Å². The monoisotopic (exact) mass is 899 g/mol. The second-order valence-electron chi connectivity index (χ2n) is 20.0. The third kappa shape index (κ3) is 7.75. The summed E-state index contributed by atoms with van der Waals surface area (Å²) in [6.45, 7) is 3.69. The highest BCUT2D eigenvalue weighted by atomic mass is 31.2. The first-order valence-corrected chi connectivity index (χ1v) is 26.9. The van der Waals surface area contributed by atoms with E-state index in [0.717, 1.165) is 45.0 Å². The van der Waals surface area contributed by atoms with Crippen LogP contribution in [0.4, 0.5) is 0 Å². The summed E-state index contributed by atoms with van der Waals surface area (Å²) < 4.78 is 12.9. The lowest BCUT2D eigenvalue weighted by Crippen LogP contribution is -2.56. The molecule has 4 bridgehead atoms. The van der Waals surface area contributed by atoms with Crippen molar-refractivity contribution in [2.24, 2.45) is 23.7 Å². The van der Waals surface area contributed by atoms with E-state index in [1.807, 2.05) is 19.4 Å². The van der Waals surface area contributed by atoms with E-state index >= 15 is 0 Å². The zero-order chi connectivity index (χ0) is 45.8. The van der Waals surface area contributed by atoms with Gasteiger partial charge in [0.2, 0.25) is 0 Å². The van der Waals surface area contributed by atoms with Crippen LogP contribution in [-0.4, -0.2) is 28.3 Å². The molecule has 0 N–H and O–H groups in total. The summed E-state index contributed by atoms with van der Waals surface area (Å²) in [7, 11) is -2.34. The Morgan fingerprint density at radius 1 is 0.368 bits per heavy atom. The highest BCUT2D eigenvalue weighted by molar-refractivity contribution is 7.70. The van der Waals surface area contributed by atoms with Crippen LogP contribution in [0.1, 0.15) is 43.2 Å². The molecule has 332 valence electrons. The molecule has 68 heavy (non-hydrogen) atoms. The van der Waals surface area contributed by atoms with E-state index in [-0.39, 0.29) is 5.41 Å². The van der Waals surface area contributed by atoms with Crippen LogP contribution in [0, 0.1) is 23.7 Å². The Hall–Kier alpha value is -7.00. The fourth-order valence-electron chi connectivity index (χ4n) is 12.5. The summed E-state index contributed by atoms with van der Waals surface area (Å²) in [5.41, 5.74) is 15.0. The molecule has 13 rings (SSSR count). The quantitative estimate of drug-likeness (QED) is 0.128. The Bertz CT molecular complexity index is 3280. The summed E-state index contributed by atoms with van der Waals surface area (Å²) in [6.07, 6.45) is 6.55. The van der Waals surface area contributed by atoms with Crippen molar-refractivity contribution in [3.8, 4) is 78.7 Å². The topological polar surface area (TPSA) is 55.7 Å². The minimum absolute atomic E-state index is 0.0821. The van der Waals surface area contributed by atoms with E-state index in [9.17, 15) is 4.57 Å². The van der Waals surface area contributed by atoms with Gasteiger partial charge in [-0.25, -0.2) is 15.0 Å². The molecule has 4 fully saturated rings. The Labute approximate surface area is 400 Å². The summed E-state index contributed by atoms with van der Waals surface area (Å²) >= 11 is 0. The van der Waals surface area contributed by atoms with Crippen molar-refractivity contribution < 1.29 is 4.57 Å². The first kappa shape index (κ1) is 42.4. The van der Waals surface area contributed by atoms with Crippen LogP contribution >= 0.6 is 7.14 Å². The molecule has 9 aromatic rings. The van der Waals surface area contributed by atoms with Gasteiger partial charge in [0, 0.05) is 27.4 Å². The van der Waals surface area contributed by atoms with Gasteiger partial charge < -0.3 is 4.57 Å². The fraction of sp³-hybridized carbons (Fsp3) is 0.190. The molecular weight excluding hydrogens is 846 g/mol. The van der Waals surface area contributed by atoms with Crippen molar-refractivity contribution in [2.75, 3.05) is 13.3 Å². The number of rotatable bonds is 10. The average Bonchev–Trinajstić information content (AvgIpc) is 3.39. The second-order valence-corrected chi connectivity index (χ2v) is 23.2. The standard InChI is InChI=1S/C63H54N3OP/c1-68(2,67)57-34-30-46(31-35-57)52-16-11-17-54(41-52)63(55-37-42-36-43(39-55)40-56(63)38-42)53-32-28-51(29-33-53)62-65-60(49-24-20-45(21-25-49)44-12-5-3-6-13-44)64-61(66-62)50-26-22-48(23-27-50)59-19-10-9-18-58(59)47-14-7-4-8-15-47/h3-35,41-43,55-56H,36-40H2,1-2H3. The summed E-state index contributed by atoms with van der Waals surface area (Å²) in [4.78, 5) is 15.7. The lowest BCUT2D eigenvalue weighted by atomic mass is 9.42. The molecule has 0 saturated heterocycles. The van der Waals surface area contributed by atoms with Gasteiger partial charge in [-0.3, -0.25) is 0 Å². The van der Waals surface area contributed by atoms with E-state index in [1.165, 1.54) is 76.6 Å². The molecule has 4 saturated carbocycles. The van der Waals surface area contributed by atoms with E-state index in [2.05, 4.69) is 200 Å². The van der Waals surface area contributed by atoms with Crippen molar-refractivity contribution in [1.82, 2.24) is 15.0 Å². The van der Waals surface area contributed by atoms with Crippen LogP contribution in [0.25, 0.3) is 78.7 Å². The van der Waals surface area contributed by atoms with Gasteiger partial charge in [0.05, 0.1) is 0 Å². The Morgan fingerprint density at radius 3 is 1.26 bits per heavy atom. The maximum absolute atomic E-state index is 12.9. The van der Waals surface area contributed by atoms with E-state index < -0.39 is 7.14 Å². The summed E-state index contributed by atoms with van der Waals surface area (Å²) in [5.74, 6) is 4.79. The minimum atomic E-state index is -2.34. The molecular formula is C63H54N3OP. The van der Waals surface area contributed by atoms with Gasteiger partial charge in [0.1, 0.15) is 7.14 Å². The van der Waals surface area contributed by atoms with Crippen molar-refractivity contribution in [1.29, 1.82) is 0 Å². The van der Waals surface area contributed by atoms with Gasteiger partial charge in [-0.15, -0.1) is 0 Å². The van der Waals surface area contributed by atoms with Gasteiger partial charge >= 0.3 is 0 Å². The molecule has 1 aromatic heterocycles. The SMILES string of the molecule is CP(C)(=O)c1ccc(-c2cccc(C3(c4ccc(-c5nc(-c6ccc(-c7ccccc7)cc6)nc(-c6ccc(-c7ccccc7-c7ccccc7)cc6)n5)cc4)C4CC5CC(C4)CC3C5)c2)cc1. The van der Waals surface area contributed by atoms with Crippen LogP contribution in [0.3, 0.4) is 0 Å². The Kier molecular flexibility index (Phi) is 10.8. The van der Waals surface area contributed by atoms with Crippen molar-refractivity contribution in [3.63, 3.8) is 0 Å². The number of benzene rings is 8. The molecule has 0 spiro atoms. The predicted molar refractivity (Wildman–Crippen MR) is 281 cm³/mol. The van der Waals surface area contributed by atoms with E-state index in [1.54, 1.807) is 0 Å². The van der Waals surface area contributed by atoms with Crippen molar-refractivity contribution in [2.45, 2.75) is 37.5 Å². The Morgan fingerprint density at radius 2 is 0.750 bits per heavy atom. The fourth-order valence-corrected chi connectivity index (χ4v) is 13.4. The van der Waals surface area contributed by atoms with Crippen LogP contribution in [0.2, 0.25) is 0 Å². The van der Waals surface area contributed by atoms with E-state index in [0.29, 0.717) is 29.3 Å². The normalized spacial score (nSPS) is 20.6. The highest BCUT2D eigenvalue weighted by Crippen LogP contribution is 2.65. The number of nitrogens with zero attached hydrogens (tertiary/aromatic N) is 3. The molecule has 8 aromatic carbocycles. The molecule has 4 aliphatic carbocycles. The first-order chi connectivity index (χ1) is 33.3. The van der Waals surface area contributed by atoms with Crippen molar-refractivity contribution in [3.05, 3.63) is 217 Å². The zero-order valence-corrected chi connectivity index (χ0v) is 39.6. The van der Waals surface area contributed by atoms with Gasteiger partial charge in [0.15, 0.2) is 17.5 Å². The maximum Gasteiger partial charge on any atom is 0.164 e. The molecule has 0 unspecified atom stereocenters. The molecule has 0 amide bonds. The predicted octanol–water partition coefficient (Wildman–Crippen LogP) is 15.5. The summed E-state index contributed by atoms with van der Waals surface area (Å²) in [6, 6.07) is 74.0. The zero-order valence-electron chi connectivity index (χ0n) is 38.7.